The molecule has 16 heavy (non-hydrogen) atoms. The molecule has 0 saturated carbocycles. The van der Waals surface area contributed by atoms with E-state index in [1.54, 1.807) is 11.3 Å². The first-order valence-electron chi connectivity index (χ1n) is 4.96. The lowest BCUT2D eigenvalue weighted by atomic mass is 10.1. The van der Waals surface area contributed by atoms with Gasteiger partial charge in [-0.2, -0.15) is 0 Å². The van der Waals surface area contributed by atoms with Gasteiger partial charge >= 0.3 is 0 Å². The molecule has 4 heteroatoms. The van der Waals surface area contributed by atoms with Crippen LogP contribution in [0.4, 0.5) is 0 Å². The maximum Gasteiger partial charge on any atom is 0.105 e. The fourth-order valence-corrected chi connectivity index (χ4v) is 4.61. The Balaban J connectivity index is 2.42. The molecule has 0 spiro atoms. The number of rotatable bonds is 2. The van der Waals surface area contributed by atoms with E-state index in [0.29, 0.717) is 0 Å². The molecule has 1 unspecified atom stereocenters. The van der Waals surface area contributed by atoms with Gasteiger partial charge in [-0.25, -0.2) is 0 Å². The highest BCUT2D eigenvalue weighted by molar-refractivity contribution is 9.11. The van der Waals surface area contributed by atoms with Crippen LogP contribution in [0, 0.1) is 20.8 Å². The minimum Gasteiger partial charge on any atom is -0.466 e. The van der Waals surface area contributed by atoms with Crippen LogP contribution >= 0.6 is 43.2 Å². The van der Waals surface area contributed by atoms with Crippen molar-refractivity contribution in [3.05, 3.63) is 43.4 Å². The summed E-state index contributed by atoms with van der Waals surface area (Å²) in [5.41, 5.74) is 2.52. The van der Waals surface area contributed by atoms with E-state index in [1.165, 1.54) is 19.8 Å². The topological polar surface area (TPSA) is 13.1 Å². The molecule has 0 amide bonds. The predicted molar refractivity (Wildman–Crippen MR) is 75.7 cm³/mol. The number of thiophene rings is 1. The Labute approximate surface area is 116 Å². The highest BCUT2D eigenvalue weighted by atomic mass is 79.9. The van der Waals surface area contributed by atoms with Gasteiger partial charge in [-0.3, -0.25) is 0 Å². The van der Waals surface area contributed by atoms with E-state index in [9.17, 15) is 0 Å². The zero-order chi connectivity index (χ0) is 11.9. The molecule has 0 bridgehead atoms. The molecule has 0 aliphatic heterocycles. The molecule has 2 aromatic rings. The van der Waals surface area contributed by atoms with Crippen molar-refractivity contribution in [1.29, 1.82) is 0 Å². The van der Waals surface area contributed by atoms with E-state index >= 15 is 0 Å². The summed E-state index contributed by atoms with van der Waals surface area (Å²) in [6.07, 6.45) is 0. The minimum absolute atomic E-state index is 0.215. The molecular weight excluding hydrogens is 352 g/mol. The second kappa shape index (κ2) is 4.67. The van der Waals surface area contributed by atoms with Crippen molar-refractivity contribution in [3.63, 3.8) is 0 Å². The highest BCUT2D eigenvalue weighted by Gasteiger charge is 2.19. The molecule has 2 rings (SSSR count). The van der Waals surface area contributed by atoms with Crippen molar-refractivity contribution in [2.45, 2.75) is 25.6 Å². The molecule has 2 aromatic heterocycles. The molecule has 1 nitrogen and oxygen atoms in total. The molecule has 0 aromatic carbocycles. The van der Waals surface area contributed by atoms with Gasteiger partial charge in [0.2, 0.25) is 0 Å². The Morgan fingerprint density at radius 3 is 2.31 bits per heavy atom. The Kier molecular flexibility index (Phi) is 3.62. The Hall–Kier alpha value is -0.0600. The molecule has 0 fully saturated rings. The van der Waals surface area contributed by atoms with Crippen LogP contribution in [-0.4, -0.2) is 0 Å². The molecule has 0 radical (unpaired) electrons. The molecule has 2 heterocycles. The average molecular weight is 364 g/mol. The normalized spacial score (nSPS) is 13.1. The number of alkyl halides is 1. The van der Waals surface area contributed by atoms with E-state index in [0.717, 1.165) is 11.5 Å². The van der Waals surface area contributed by atoms with E-state index < -0.39 is 0 Å². The largest absolute Gasteiger partial charge is 0.466 e. The molecule has 0 saturated heterocycles. The van der Waals surface area contributed by atoms with Crippen LogP contribution in [0.2, 0.25) is 0 Å². The highest BCUT2D eigenvalue weighted by Crippen LogP contribution is 2.40. The lowest BCUT2D eigenvalue weighted by Crippen LogP contribution is -1.92. The van der Waals surface area contributed by atoms with Crippen LogP contribution in [-0.2, 0) is 0 Å². The van der Waals surface area contributed by atoms with Gasteiger partial charge in [0, 0.05) is 10.4 Å². The number of halogens is 2. The monoisotopic (exact) mass is 362 g/mol. The van der Waals surface area contributed by atoms with E-state index in [2.05, 4.69) is 50.9 Å². The Morgan fingerprint density at radius 2 is 1.88 bits per heavy atom. The first-order chi connectivity index (χ1) is 7.49. The Morgan fingerprint density at radius 1 is 1.19 bits per heavy atom. The van der Waals surface area contributed by atoms with Crippen molar-refractivity contribution < 1.29 is 4.42 Å². The molecule has 0 aliphatic rings. The second-order valence-electron chi connectivity index (χ2n) is 3.79. The fraction of sp³-hybridized carbons (Fsp3) is 0.333. The summed E-state index contributed by atoms with van der Waals surface area (Å²) in [5, 5.41) is 0. The number of aryl methyl sites for hydroxylation is 3. The van der Waals surface area contributed by atoms with Crippen LogP contribution in [0.25, 0.3) is 0 Å². The predicted octanol–water partition coefficient (Wildman–Crippen LogP) is 5.51. The maximum absolute atomic E-state index is 5.57. The van der Waals surface area contributed by atoms with E-state index in [4.69, 9.17) is 4.42 Å². The summed E-state index contributed by atoms with van der Waals surface area (Å²) in [6, 6.07) is 4.26. The molecular formula is C12H12Br2OS. The summed E-state index contributed by atoms with van der Waals surface area (Å²) in [4.78, 5) is 1.54. The second-order valence-corrected chi connectivity index (χ2v) is 7.34. The summed E-state index contributed by atoms with van der Waals surface area (Å²) < 4.78 is 6.73. The van der Waals surface area contributed by atoms with E-state index in [-0.39, 0.29) is 4.83 Å². The molecule has 0 N–H and O–H groups in total. The summed E-state index contributed by atoms with van der Waals surface area (Å²) in [5.74, 6) is 1.95. The number of hydrogen-bond donors (Lipinski definition) is 0. The third kappa shape index (κ3) is 2.29. The van der Waals surface area contributed by atoms with Crippen molar-refractivity contribution >= 4 is 43.2 Å². The van der Waals surface area contributed by atoms with Crippen molar-refractivity contribution in [2.75, 3.05) is 0 Å². The fourth-order valence-electron chi connectivity index (χ4n) is 1.78. The standard InChI is InChI=1S/C12H12Br2OS/c1-6-4-9(7(2)15-6)12(14)10-5-11(13)16-8(10)3/h4-5,12H,1-3H3. The third-order valence-electron chi connectivity index (χ3n) is 2.55. The van der Waals surface area contributed by atoms with Gasteiger partial charge in [0.15, 0.2) is 0 Å². The van der Waals surface area contributed by atoms with Crippen LogP contribution in [0.5, 0.6) is 0 Å². The quantitative estimate of drug-likeness (QED) is 0.641. The SMILES string of the molecule is Cc1cc(C(Br)c2cc(Br)sc2C)c(C)o1. The molecule has 1 atom stereocenters. The van der Waals surface area contributed by atoms with Gasteiger partial charge in [0.25, 0.3) is 0 Å². The van der Waals surface area contributed by atoms with Gasteiger partial charge in [0.1, 0.15) is 11.5 Å². The van der Waals surface area contributed by atoms with Crippen LogP contribution in [0.15, 0.2) is 20.3 Å². The summed E-state index contributed by atoms with van der Waals surface area (Å²) >= 11 is 9.03. The number of furan rings is 1. The van der Waals surface area contributed by atoms with Crippen LogP contribution in [0.1, 0.15) is 32.4 Å². The third-order valence-corrected chi connectivity index (χ3v) is 5.11. The summed E-state index contributed by atoms with van der Waals surface area (Å²) in [6.45, 7) is 6.13. The summed E-state index contributed by atoms with van der Waals surface area (Å²) in [7, 11) is 0. The lowest BCUT2D eigenvalue weighted by molar-refractivity contribution is 0.502. The zero-order valence-electron chi connectivity index (χ0n) is 9.30. The number of hydrogen-bond acceptors (Lipinski definition) is 2. The smallest absolute Gasteiger partial charge is 0.105 e. The van der Waals surface area contributed by atoms with Crippen LogP contribution in [0.3, 0.4) is 0 Å². The van der Waals surface area contributed by atoms with Crippen LogP contribution < -0.4 is 0 Å². The van der Waals surface area contributed by atoms with Gasteiger partial charge in [-0.15, -0.1) is 11.3 Å². The minimum atomic E-state index is 0.215. The van der Waals surface area contributed by atoms with Crippen molar-refractivity contribution in [2.24, 2.45) is 0 Å². The maximum atomic E-state index is 5.57. The first-order valence-corrected chi connectivity index (χ1v) is 7.48. The zero-order valence-corrected chi connectivity index (χ0v) is 13.3. The van der Waals surface area contributed by atoms with Crippen molar-refractivity contribution in [3.8, 4) is 0 Å². The molecule has 0 aliphatic carbocycles. The first kappa shape index (κ1) is 12.4. The van der Waals surface area contributed by atoms with Gasteiger partial charge in [-0.05, 0) is 54.4 Å². The van der Waals surface area contributed by atoms with Gasteiger partial charge < -0.3 is 4.42 Å². The van der Waals surface area contributed by atoms with E-state index in [1.807, 2.05) is 13.8 Å². The Bertz CT molecular complexity index is 467. The van der Waals surface area contributed by atoms with Gasteiger partial charge in [-0.1, -0.05) is 15.9 Å². The van der Waals surface area contributed by atoms with Crippen molar-refractivity contribution in [1.82, 2.24) is 0 Å². The average Bonchev–Trinajstić information content (AvgIpc) is 2.68. The van der Waals surface area contributed by atoms with Gasteiger partial charge in [0.05, 0.1) is 8.61 Å². The lowest BCUT2D eigenvalue weighted by Gasteiger charge is -2.08. The molecule has 86 valence electrons.